The van der Waals surface area contributed by atoms with Gasteiger partial charge in [0.1, 0.15) is 5.75 Å². The van der Waals surface area contributed by atoms with E-state index in [0.717, 1.165) is 16.9 Å². The molecule has 5 heteroatoms. The third-order valence-electron chi connectivity index (χ3n) is 3.64. The molecule has 0 fully saturated rings. The van der Waals surface area contributed by atoms with Crippen molar-refractivity contribution in [1.29, 1.82) is 0 Å². The first-order valence-electron chi connectivity index (χ1n) is 7.69. The molecule has 24 heavy (non-hydrogen) atoms. The van der Waals surface area contributed by atoms with Crippen LogP contribution in [0.25, 0.3) is 0 Å². The third-order valence-corrected chi connectivity index (χ3v) is 3.64. The lowest BCUT2D eigenvalue weighted by atomic mass is 10.1. The fourth-order valence-corrected chi connectivity index (χ4v) is 2.25. The van der Waals surface area contributed by atoms with E-state index >= 15 is 0 Å². The maximum absolute atomic E-state index is 11.9. The number of benzene rings is 2. The van der Waals surface area contributed by atoms with Gasteiger partial charge in [0.25, 0.3) is 0 Å². The summed E-state index contributed by atoms with van der Waals surface area (Å²) in [4.78, 5) is 23.3. The zero-order chi connectivity index (χ0) is 17.4. The van der Waals surface area contributed by atoms with E-state index in [4.69, 9.17) is 4.74 Å². The zero-order valence-electron chi connectivity index (χ0n) is 13.9. The second-order valence-electron chi connectivity index (χ2n) is 5.32. The lowest BCUT2D eigenvalue weighted by Gasteiger charge is -2.07. The van der Waals surface area contributed by atoms with E-state index in [9.17, 15) is 9.59 Å². The molecule has 2 rings (SSSR count). The van der Waals surface area contributed by atoms with Crippen LogP contribution in [0.3, 0.4) is 0 Å². The minimum atomic E-state index is -0.371. The predicted octanol–water partition coefficient (Wildman–Crippen LogP) is 2.73. The number of aryl methyl sites for hydroxylation is 1. The highest BCUT2D eigenvalue weighted by Crippen LogP contribution is 2.14. The second-order valence-corrected chi connectivity index (χ2v) is 5.32. The Labute approximate surface area is 141 Å². The zero-order valence-corrected chi connectivity index (χ0v) is 13.9. The predicted molar refractivity (Wildman–Crippen MR) is 90.9 cm³/mol. The maximum Gasteiger partial charge on any atom is 0.337 e. The summed E-state index contributed by atoms with van der Waals surface area (Å²) in [5, 5.41) is 2.87. The van der Waals surface area contributed by atoms with E-state index in [-0.39, 0.29) is 11.9 Å². The average Bonchev–Trinajstić information content (AvgIpc) is 2.64. The SMILES string of the molecule is COC(=O)c1ccc(CNC(=O)CCc2cccc(OC)c2)cc1. The Morgan fingerprint density at radius 3 is 2.42 bits per heavy atom. The number of hydrogen-bond donors (Lipinski definition) is 1. The van der Waals surface area contributed by atoms with E-state index in [0.29, 0.717) is 24.9 Å². The summed E-state index contributed by atoms with van der Waals surface area (Å²) in [6.07, 6.45) is 1.07. The van der Waals surface area contributed by atoms with Crippen molar-refractivity contribution in [2.45, 2.75) is 19.4 Å². The van der Waals surface area contributed by atoms with Crippen LogP contribution >= 0.6 is 0 Å². The van der Waals surface area contributed by atoms with Gasteiger partial charge in [-0.25, -0.2) is 4.79 Å². The fourth-order valence-electron chi connectivity index (χ4n) is 2.25. The normalized spacial score (nSPS) is 10.1. The number of nitrogens with one attached hydrogen (secondary N) is 1. The van der Waals surface area contributed by atoms with Crippen LogP contribution in [0.15, 0.2) is 48.5 Å². The van der Waals surface area contributed by atoms with Crippen molar-refractivity contribution in [3.63, 3.8) is 0 Å². The number of hydrogen-bond acceptors (Lipinski definition) is 4. The van der Waals surface area contributed by atoms with Gasteiger partial charge in [-0.1, -0.05) is 24.3 Å². The van der Waals surface area contributed by atoms with Crippen LogP contribution in [0.5, 0.6) is 5.75 Å². The smallest absolute Gasteiger partial charge is 0.337 e. The number of methoxy groups -OCH3 is 2. The van der Waals surface area contributed by atoms with E-state index in [2.05, 4.69) is 10.1 Å². The molecular formula is C19H21NO4. The molecule has 0 saturated carbocycles. The molecule has 0 radical (unpaired) electrons. The van der Waals surface area contributed by atoms with Crippen LogP contribution in [0.2, 0.25) is 0 Å². The van der Waals surface area contributed by atoms with Gasteiger partial charge in [0.15, 0.2) is 0 Å². The monoisotopic (exact) mass is 327 g/mol. The summed E-state index contributed by atoms with van der Waals surface area (Å²) in [5.74, 6) is 0.400. The Morgan fingerprint density at radius 2 is 1.75 bits per heavy atom. The van der Waals surface area contributed by atoms with E-state index in [1.54, 1.807) is 31.4 Å². The first-order chi connectivity index (χ1) is 11.6. The number of esters is 1. The van der Waals surface area contributed by atoms with Gasteiger partial charge in [0.2, 0.25) is 5.91 Å². The molecule has 0 aliphatic heterocycles. The summed E-state index contributed by atoms with van der Waals surface area (Å²) in [7, 11) is 2.97. The number of ether oxygens (including phenoxy) is 2. The molecule has 1 amide bonds. The minimum Gasteiger partial charge on any atom is -0.497 e. The lowest BCUT2D eigenvalue weighted by molar-refractivity contribution is -0.121. The summed E-state index contributed by atoms with van der Waals surface area (Å²) in [5.41, 5.74) is 2.48. The van der Waals surface area contributed by atoms with Gasteiger partial charge in [-0.15, -0.1) is 0 Å². The van der Waals surface area contributed by atoms with Crippen LogP contribution in [0, 0.1) is 0 Å². The van der Waals surface area contributed by atoms with Crippen molar-refractivity contribution in [2.75, 3.05) is 14.2 Å². The van der Waals surface area contributed by atoms with E-state index < -0.39 is 0 Å². The molecule has 0 atom stereocenters. The number of carbonyl (C=O) groups is 2. The number of amides is 1. The number of rotatable bonds is 7. The van der Waals surface area contributed by atoms with Crippen LogP contribution in [-0.2, 0) is 22.5 Å². The molecule has 0 unspecified atom stereocenters. The molecule has 0 heterocycles. The highest BCUT2D eigenvalue weighted by Gasteiger charge is 2.06. The molecule has 0 aromatic heterocycles. The lowest BCUT2D eigenvalue weighted by Crippen LogP contribution is -2.23. The Bertz CT molecular complexity index is 695. The molecular weight excluding hydrogens is 306 g/mol. The minimum absolute atomic E-state index is 0.0186. The Kier molecular flexibility index (Phi) is 6.37. The molecule has 1 N–H and O–H groups in total. The van der Waals surface area contributed by atoms with Gasteiger partial charge in [0, 0.05) is 13.0 Å². The Balaban J connectivity index is 1.79. The van der Waals surface area contributed by atoms with E-state index in [1.165, 1.54) is 7.11 Å². The highest BCUT2D eigenvalue weighted by molar-refractivity contribution is 5.89. The molecule has 0 saturated heterocycles. The summed E-state index contributed by atoms with van der Waals surface area (Å²) < 4.78 is 9.82. The van der Waals surface area contributed by atoms with Crippen molar-refractivity contribution in [3.05, 3.63) is 65.2 Å². The molecule has 2 aromatic carbocycles. The Morgan fingerprint density at radius 1 is 1.00 bits per heavy atom. The van der Waals surface area contributed by atoms with Crippen LogP contribution in [-0.4, -0.2) is 26.1 Å². The molecule has 126 valence electrons. The van der Waals surface area contributed by atoms with Gasteiger partial charge in [-0.05, 0) is 41.8 Å². The summed E-state index contributed by atoms with van der Waals surface area (Å²) >= 11 is 0. The fraction of sp³-hybridized carbons (Fsp3) is 0.263. The summed E-state index contributed by atoms with van der Waals surface area (Å²) in [6.45, 7) is 0.429. The largest absolute Gasteiger partial charge is 0.497 e. The molecule has 0 aliphatic carbocycles. The van der Waals surface area contributed by atoms with Crippen LogP contribution < -0.4 is 10.1 Å². The van der Waals surface area contributed by atoms with Gasteiger partial charge in [-0.3, -0.25) is 4.79 Å². The first-order valence-corrected chi connectivity index (χ1v) is 7.69. The van der Waals surface area contributed by atoms with Gasteiger partial charge < -0.3 is 14.8 Å². The van der Waals surface area contributed by atoms with Crippen LogP contribution in [0.1, 0.15) is 27.9 Å². The topological polar surface area (TPSA) is 64.6 Å². The van der Waals surface area contributed by atoms with Gasteiger partial charge >= 0.3 is 5.97 Å². The van der Waals surface area contributed by atoms with E-state index in [1.807, 2.05) is 24.3 Å². The van der Waals surface area contributed by atoms with Crippen molar-refractivity contribution in [3.8, 4) is 5.75 Å². The maximum atomic E-state index is 11.9. The molecule has 0 aliphatic rings. The second kappa shape index (κ2) is 8.72. The molecule has 0 bridgehead atoms. The van der Waals surface area contributed by atoms with Crippen molar-refractivity contribution in [2.24, 2.45) is 0 Å². The van der Waals surface area contributed by atoms with Crippen LogP contribution in [0.4, 0.5) is 0 Å². The molecule has 2 aromatic rings. The highest BCUT2D eigenvalue weighted by atomic mass is 16.5. The van der Waals surface area contributed by atoms with Crippen molar-refractivity contribution in [1.82, 2.24) is 5.32 Å². The third kappa shape index (κ3) is 5.12. The summed E-state index contributed by atoms with van der Waals surface area (Å²) in [6, 6.07) is 14.7. The standard InChI is InChI=1S/C19H21NO4/c1-23-17-5-3-4-14(12-17)8-11-18(21)20-13-15-6-9-16(10-7-15)19(22)24-2/h3-7,9-10,12H,8,11,13H2,1-2H3,(H,20,21). The van der Waals surface area contributed by atoms with Crippen molar-refractivity contribution < 1.29 is 19.1 Å². The molecule has 0 spiro atoms. The molecule has 5 nitrogen and oxygen atoms in total. The van der Waals surface area contributed by atoms with Gasteiger partial charge in [0.05, 0.1) is 19.8 Å². The average molecular weight is 327 g/mol. The van der Waals surface area contributed by atoms with Crippen molar-refractivity contribution >= 4 is 11.9 Å². The Hall–Kier alpha value is -2.82. The first kappa shape index (κ1) is 17.5. The number of carbonyl (C=O) groups excluding carboxylic acids is 2. The van der Waals surface area contributed by atoms with Gasteiger partial charge in [-0.2, -0.15) is 0 Å². The quantitative estimate of drug-likeness (QED) is 0.794.